The lowest BCUT2D eigenvalue weighted by molar-refractivity contribution is 0.0848. The summed E-state index contributed by atoms with van der Waals surface area (Å²) in [7, 11) is 0. The maximum Gasteiger partial charge on any atom is 0.159 e. The molecule has 18 heavy (non-hydrogen) atoms. The second-order valence-electron chi connectivity index (χ2n) is 4.66. The molecule has 1 aromatic rings. The first-order valence-electron chi connectivity index (χ1n) is 6.09. The minimum Gasteiger partial charge on any atom is -0.395 e. The summed E-state index contributed by atoms with van der Waals surface area (Å²) in [5.41, 5.74) is 0.359. The minimum atomic E-state index is -0.952. The number of hydrogen-bond donors (Lipinski definition) is 2. The van der Waals surface area contributed by atoms with E-state index in [1.54, 1.807) is 0 Å². The Kier molecular flexibility index (Phi) is 4.27. The zero-order valence-electron chi connectivity index (χ0n) is 10.0. The van der Waals surface area contributed by atoms with E-state index in [0.29, 0.717) is 12.1 Å². The van der Waals surface area contributed by atoms with Crippen molar-refractivity contribution in [2.24, 2.45) is 0 Å². The fraction of sp³-hybridized carbons (Fsp3) is 0.538. The number of aliphatic hydroxyl groups is 2. The highest BCUT2D eigenvalue weighted by Gasteiger charge is 2.26. The van der Waals surface area contributed by atoms with E-state index in [1.165, 1.54) is 6.07 Å². The highest BCUT2D eigenvalue weighted by atomic mass is 19.2. The summed E-state index contributed by atoms with van der Waals surface area (Å²) in [5, 5.41) is 19.2. The fourth-order valence-electron chi connectivity index (χ4n) is 2.39. The van der Waals surface area contributed by atoms with E-state index in [9.17, 15) is 13.9 Å². The zero-order chi connectivity index (χ0) is 13.1. The summed E-state index contributed by atoms with van der Waals surface area (Å²) in [4.78, 5) is 1.98. The van der Waals surface area contributed by atoms with Crippen LogP contribution in [0.2, 0.25) is 0 Å². The quantitative estimate of drug-likeness (QED) is 0.858. The lowest BCUT2D eigenvalue weighted by atomic mass is 10.1. The Morgan fingerprint density at radius 2 is 2.11 bits per heavy atom. The van der Waals surface area contributed by atoms with Crippen molar-refractivity contribution >= 4 is 0 Å². The predicted molar refractivity (Wildman–Crippen MR) is 63.0 cm³/mol. The summed E-state index contributed by atoms with van der Waals surface area (Å²) >= 11 is 0. The lowest BCUT2D eigenvalue weighted by Crippen LogP contribution is -2.35. The van der Waals surface area contributed by atoms with Crippen molar-refractivity contribution in [3.8, 4) is 0 Å². The molecule has 1 aliphatic rings. The molecule has 1 saturated heterocycles. The zero-order valence-corrected chi connectivity index (χ0v) is 10.0. The number of rotatable bonds is 4. The summed E-state index contributed by atoms with van der Waals surface area (Å²) in [6, 6.07) is 3.48. The molecule has 0 unspecified atom stereocenters. The SMILES string of the molecule is OC[C@H]1CCCN1C[C@H](O)c1ccc(F)c(F)c1. The molecule has 1 fully saturated rings. The Morgan fingerprint density at radius 1 is 1.33 bits per heavy atom. The minimum absolute atomic E-state index is 0.0600. The third-order valence-electron chi connectivity index (χ3n) is 3.45. The summed E-state index contributed by atoms with van der Waals surface area (Å²) in [6.07, 6.45) is 1.02. The number of nitrogens with zero attached hydrogens (tertiary/aromatic N) is 1. The number of likely N-dealkylation sites (tertiary alicyclic amines) is 1. The van der Waals surface area contributed by atoms with Crippen molar-refractivity contribution in [2.45, 2.75) is 25.0 Å². The maximum atomic E-state index is 13.1. The Bertz CT molecular complexity index is 414. The van der Waals surface area contributed by atoms with E-state index in [2.05, 4.69) is 0 Å². The second kappa shape index (κ2) is 5.73. The van der Waals surface area contributed by atoms with Crippen LogP contribution in [0.5, 0.6) is 0 Å². The van der Waals surface area contributed by atoms with Crippen LogP contribution in [0.4, 0.5) is 8.78 Å². The number of aliphatic hydroxyl groups excluding tert-OH is 2. The van der Waals surface area contributed by atoms with Gasteiger partial charge in [-0.3, -0.25) is 4.90 Å². The Morgan fingerprint density at radius 3 is 2.78 bits per heavy atom. The van der Waals surface area contributed by atoms with Gasteiger partial charge in [-0.25, -0.2) is 8.78 Å². The molecule has 1 aromatic carbocycles. The van der Waals surface area contributed by atoms with Gasteiger partial charge < -0.3 is 10.2 Å². The van der Waals surface area contributed by atoms with E-state index in [1.807, 2.05) is 4.90 Å². The van der Waals surface area contributed by atoms with Gasteiger partial charge in [0, 0.05) is 12.6 Å². The molecule has 0 aliphatic carbocycles. The molecular weight excluding hydrogens is 240 g/mol. The van der Waals surface area contributed by atoms with Crippen molar-refractivity contribution in [3.63, 3.8) is 0 Å². The van der Waals surface area contributed by atoms with Crippen LogP contribution in [-0.2, 0) is 0 Å². The van der Waals surface area contributed by atoms with Crippen molar-refractivity contribution in [2.75, 3.05) is 19.7 Å². The lowest BCUT2D eigenvalue weighted by Gasteiger charge is -2.25. The standard InChI is InChI=1S/C13H17F2NO2/c14-11-4-3-9(6-12(11)15)13(18)7-16-5-1-2-10(16)8-17/h3-4,6,10,13,17-18H,1-2,5,7-8H2/t10-,13+/m1/s1. The highest BCUT2D eigenvalue weighted by molar-refractivity contribution is 5.20. The van der Waals surface area contributed by atoms with Gasteiger partial charge in [0.05, 0.1) is 12.7 Å². The van der Waals surface area contributed by atoms with E-state index in [-0.39, 0.29) is 12.6 Å². The highest BCUT2D eigenvalue weighted by Crippen LogP contribution is 2.22. The molecule has 2 N–H and O–H groups in total. The third-order valence-corrected chi connectivity index (χ3v) is 3.45. The van der Waals surface area contributed by atoms with Crippen molar-refractivity contribution in [1.82, 2.24) is 4.90 Å². The molecule has 3 nitrogen and oxygen atoms in total. The van der Waals surface area contributed by atoms with Crippen LogP contribution in [-0.4, -0.2) is 40.9 Å². The monoisotopic (exact) mass is 257 g/mol. The fourth-order valence-corrected chi connectivity index (χ4v) is 2.39. The molecule has 5 heteroatoms. The van der Waals surface area contributed by atoms with Gasteiger partial charge in [0.1, 0.15) is 0 Å². The molecular formula is C13H17F2NO2. The topological polar surface area (TPSA) is 43.7 Å². The molecule has 0 saturated carbocycles. The molecule has 2 rings (SSSR count). The summed E-state index contributed by atoms with van der Waals surface area (Å²) in [5.74, 6) is -1.87. The Labute approximate surface area is 105 Å². The summed E-state index contributed by atoms with van der Waals surface area (Å²) in [6.45, 7) is 1.20. The maximum absolute atomic E-state index is 13.1. The van der Waals surface area contributed by atoms with Gasteiger partial charge in [0.25, 0.3) is 0 Å². The predicted octanol–water partition coefficient (Wildman–Crippen LogP) is 1.45. The molecule has 0 radical (unpaired) electrons. The number of halogens is 2. The first-order chi connectivity index (χ1) is 8.61. The Hall–Kier alpha value is -1.04. The van der Waals surface area contributed by atoms with Gasteiger partial charge in [-0.05, 0) is 37.1 Å². The van der Waals surface area contributed by atoms with Gasteiger partial charge in [-0.1, -0.05) is 6.07 Å². The summed E-state index contributed by atoms with van der Waals surface area (Å²) < 4.78 is 25.8. The molecule has 2 atom stereocenters. The molecule has 0 bridgehead atoms. The van der Waals surface area contributed by atoms with Crippen LogP contribution in [0.1, 0.15) is 24.5 Å². The molecule has 100 valence electrons. The van der Waals surface area contributed by atoms with Crippen LogP contribution in [0.3, 0.4) is 0 Å². The number of benzene rings is 1. The van der Waals surface area contributed by atoms with Crippen LogP contribution >= 0.6 is 0 Å². The van der Waals surface area contributed by atoms with Crippen molar-refractivity contribution in [3.05, 3.63) is 35.4 Å². The van der Waals surface area contributed by atoms with Crippen molar-refractivity contribution < 1.29 is 19.0 Å². The van der Waals surface area contributed by atoms with Gasteiger partial charge in [0.15, 0.2) is 11.6 Å². The first-order valence-corrected chi connectivity index (χ1v) is 6.09. The van der Waals surface area contributed by atoms with E-state index < -0.39 is 17.7 Å². The van der Waals surface area contributed by atoms with Crippen molar-refractivity contribution in [1.29, 1.82) is 0 Å². The Balaban J connectivity index is 2.02. The van der Waals surface area contributed by atoms with Gasteiger partial charge in [-0.15, -0.1) is 0 Å². The van der Waals surface area contributed by atoms with Crippen LogP contribution < -0.4 is 0 Å². The molecule has 0 amide bonds. The number of hydrogen-bond acceptors (Lipinski definition) is 3. The third kappa shape index (κ3) is 2.85. The molecule has 0 spiro atoms. The second-order valence-corrected chi connectivity index (χ2v) is 4.66. The van der Waals surface area contributed by atoms with Gasteiger partial charge in [0.2, 0.25) is 0 Å². The normalized spacial score (nSPS) is 22.3. The average molecular weight is 257 g/mol. The first kappa shape index (κ1) is 13.4. The van der Waals surface area contributed by atoms with Gasteiger partial charge >= 0.3 is 0 Å². The van der Waals surface area contributed by atoms with E-state index in [4.69, 9.17) is 5.11 Å². The average Bonchev–Trinajstić information content (AvgIpc) is 2.79. The molecule has 0 aromatic heterocycles. The van der Waals surface area contributed by atoms with E-state index in [0.717, 1.165) is 31.5 Å². The van der Waals surface area contributed by atoms with Gasteiger partial charge in [-0.2, -0.15) is 0 Å². The largest absolute Gasteiger partial charge is 0.395 e. The van der Waals surface area contributed by atoms with Crippen LogP contribution in [0, 0.1) is 11.6 Å². The molecule has 1 heterocycles. The van der Waals surface area contributed by atoms with E-state index >= 15 is 0 Å². The number of β-amino-alcohol motifs (C(OH)–C–C–N with tert-alkyl or cyclic N) is 1. The molecule has 1 aliphatic heterocycles. The van der Waals surface area contributed by atoms with Crippen LogP contribution in [0.15, 0.2) is 18.2 Å². The smallest absolute Gasteiger partial charge is 0.159 e. The van der Waals surface area contributed by atoms with Crippen LogP contribution in [0.25, 0.3) is 0 Å².